The Morgan fingerprint density at radius 3 is 2.45 bits per heavy atom. The first-order valence-electron chi connectivity index (χ1n) is 10.2. The molecule has 6 heteroatoms. The van der Waals surface area contributed by atoms with Gasteiger partial charge in [0, 0.05) is 23.3 Å². The zero-order valence-corrected chi connectivity index (χ0v) is 18.0. The van der Waals surface area contributed by atoms with Gasteiger partial charge in [0.25, 0.3) is 0 Å². The summed E-state index contributed by atoms with van der Waals surface area (Å²) in [6, 6.07) is 11.4. The smallest absolute Gasteiger partial charge is 0.175 e. The zero-order valence-electron chi connectivity index (χ0n) is 17.1. The number of benzene rings is 2. The fraction of sp³-hybridized carbons (Fsp3) is 0.435. The summed E-state index contributed by atoms with van der Waals surface area (Å²) in [5, 5.41) is 0. The number of ether oxygens (including phenoxy) is 2. The third-order valence-corrected chi connectivity index (χ3v) is 7.00. The van der Waals surface area contributed by atoms with Gasteiger partial charge in [0.1, 0.15) is 0 Å². The minimum atomic E-state index is -3.23. The van der Waals surface area contributed by atoms with Gasteiger partial charge in [-0.25, -0.2) is 8.42 Å². The molecule has 2 aliphatic rings. The summed E-state index contributed by atoms with van der Waals surface area (Å²) in [6.45, 7) is 2.55. The molecule has 29 heavy (non-hydrogen) atoms. The van der Waals surface area contributed by atoms with Crippen LogP contribution >= 0.6 is 0 Å². The lowest BCUT2D eigenvalue weighted by Gasteiger charge is -2.36. The fourth-order valence-corrected chi connectivity index (χ4v) is 5.10. The molecule has 0 bridgehead atoms. The summed E-state index contributed by atoms with van der Waals surface area (Å²) in [7, 11) is -1.58. The second-order valence-corrected chi connectivity index (χ2v) is 9.77. The van der Waals surface area contributed by atoms with E-state index in [9.17, 15) is 8.42 Å². The third kappa shape index (κ3) is 3.78. The standard InChI is InChI=1S/C23H27NO4S/c1-4-28-22-13-18-17-7-5-6-8-20(17)24-23(19(18)14-21(22)27-2)15-9-11-16(12-10-15)29(3,25)26/h9-14,17,20H,4-8H2,1-3H3/t17-,20-/m1/s1. The lowest BCUT2D eigenvalue weighted by Crippen LogP contribution is -2.29. The highest BCUT2D eigenvalue weighted by molar-refractivity contribution is 7.90. The van der Waals surface area contributed by atoms with Crippen molar-refractivity contribution in [2.45, 2.75) is 49.5 Å². The number of aliphatic imine (C=N–C) groups is 1. The van der Waals surface area contributed by atoms with Crippen LogP contribution in [-0.4, -0.2) is 40.1 Å². The van der Waals surface area contributed by atoms with Gasteiger partial charge in [0.15, 0.2) is 21.3 Å². The molecule has 0 aromatic heterocycles. The van der Waals surface area contributed by atoms with Crippen LogP contribution in [0.25, 0.3) is 0 Å². The zero-order chi connectivity index (χ0) is 20.6. The largest absolute Gasteiger partial charge is 0.493 e. The highest BCUT2D eigenvalue weighted by Gasteiger charge is 2.34. The molecule has 0 N–H and O–H groups in total. The maximum absolute atomic E-state index is 11.8. The first-order chi connectivity index (χ1) is 13.9. The van der Waals surface area contributed by atoms with Crippen molar-refractivity contribution in [2.24, 2.45) is 4.99 Å². The summed E-state index contributed by atoms with van der Waals surface area (Å²) < 4.78 is 35.1. The van der Waals surface area contributed by atoms with Crippen LogP contribution in [0.3, 0.4) is 0 Å². The minimum absolute atomic E-state index is 0.253. The molecule has 1 heterocycles. The number of methoxy groups -OCH3 is 1. The molecular formula is C23H27NO4S. The quantitative estimate of drug-likeness (QED) is 0.730. The van der Waals surface area contributed by atoms with Crippen LogP contribution in [0, 0.1) is 0 Å². The number of hydrogen-bond acceptors (Lipinski definition) is 5. The van der Waals surface area contributed by atoms with Crippen LogP contribution in [0.1, 0.15) is 55.2 Å². The van der Waals surface area contributed by atoms with E-state index in [0.717, 1.165) is 35.4 Å². The molecule has 4 rings (SSSR count). The van der Waals surface area contributed by atoms with E-state index in [0.29, 0.717) is 23.2 Å². The highest BCUT2D eigenvalue weighted by Crippen LogP contribution is 2.44. The Labute approximate surface area is 172 Å². The fourth-order valence-electron chi connectivity index (χ4n) is 4.47. The number of fused-ring (bicyclic) bond motifs is 3. The van der Waals surface area contributed by atoms with Crippen LogP contribution in [0.15, 0.2) is 46.3 Å². The number of hydrogen-bond donors (Lipinski definition) is 0. The van der Waals surface area contributed by atoms with Gasteiger partial charge in [0.2, 0.25) is 0 Å². The first kappa shape index (κ1) is 20.0. The third-order valence-electron chi connectivity index (χ3n) is 5.87. The molecule has 2 aromatic carbocycles. The summed E-state index contributed by atoms with van der Waals surface area (Å²) in [5.74, 6) is 1.86. The van der Waals surface area contributed by atoms with Crippen molar-refractivity contribution in [3.8, 4) is 11.5 Å². The highest BCUT2D eigenvalue weighted by atomic mass is 32.2. The minimum Gasteiger partial charge on any atom is -0.493 e. The Hall–Kier alpha value is -2.34. The van der Waals surface area contributed by atoms with Gasteiger partial charge in [-0.05, 0) is 49.6 Å². The lowest BCUT2D eigenvalue weighted by molar-refractivity contribution is 0.308. The van der Waals surface area contributed by atoms with Crippen molar-refractivity contribution in [1.82, 2.24) is 0 Å². The van der Waals surface area contributed by atoms with Gasteiger partial charge < -0.3 is 9.47 Å². The lowest BCUT2D eigenvalue weighted by atomic mass is 9.75. The Kier molecular flexibility index (Phi) is 5.38. The van der Waals surface area contributed by atoms with Crippen LogP contribution < -0.4 is 9.47 Å². The molecule has 1 saturated carbocycles. The molecular weight excluding hydrogens is 386 g/mol. The second kappa shape index (κ2) is 7.82. The SMILES string of the molecule is CCOc1cc2c(cc1OC)C(c1ccc(S(C)(=O)=O)cc1)=N[C@@H]1CCCC[C@H]21. The van der Waals surface area contributed by atoms with Crippen LogP contribution in [0.4, 0.5) is 0 Å². The number of nitrogens with zero attached hydrogens (tertiary/aromatic N) is 1. The molecule has 0 unspecified atom stereocenters. The molecule has 2 atom stereocenters. The molecule has 2 aromatic rings. The van der Waals surface area contributed by atoms with E-state index in [1.807, 2.05) is 25.1 Å². The Morgan fingerprint density at radius 1 is 1.07 bits per heavy atom. The van der Waals surface area contributed by atoms with E-state index < -0.39 is 9.84 Å². The molecule has 0 amide bonds. The van der Waals surface area contributed by atoms with Crippen molar-refractivity contribution in [1.29, 1.82) is 0 Å². The molecule has 5 nitrogen and oxygen atoms in total. The first-order valence-corrected chi connectivity index (χ1v) is 12.0. The van der Waals surface area contributed by atoms with Crippen LogP contribution in [0.2, 0.25) is 0 Å². The summed E-state index contributed by atoms with van der Waals surface area (Å²) in [5.41, 5.74) is 4.15. The van der Waals surface area contributed by atoms with E-state index in [4.69, 9.17) is 14.5 Å². The summed E-state index contributed by atoms with van der Waals surface area (Å²) in [6.07, 6.45) is 5.83. The van der Waals surface area contributed by atoms with E-state index in [1.165, 1.54) is 24.7 Å². The summed E-state index contributed by atoms with van der Waals surface area (Å²) in [4.78, 5) is 5.45. The van der Waals surface area contributed by atoms with E-state index in [2.05, 4.69) is 6.07 Å². The van der Waals surface area contributed by atoms with E-state index >= 15 is 0 Å². The summed E-state index contributed by atoms with van der Waals surface area (Å²) >= 11 is 0. The molecule has 1 fully saturated rings. The van der Waals surface area contributed by atoms with Crippen LogP contribution in [0.5, 0.6) is 11.5 Å². The van der Waals surface area contributed by atoms with E-state index in [-0.39, 0.29) is 6.04 Å². The molecule has 1 aliphatic heterocycles. The molecule has 154 valence electrons. The van der Waals surface area contributed by atoms with Crippen molar-refractivity contribution in [2.75, 3.05) is 20.0 Å². The van der Waals surface area contributed by atoms with Gasteiger partial charge in [-0.2, -0.15) is 0 Å². The second-order valence-electron chi connectivity index (χ2n) is 7.76. The predicted molar refractivity (Wildman–Crippen MR) is 114 cm³/mol. The maximum Gasteiger partial charge on any atom is 0.175 e. The average Bonchev–Trinajstić information content (AvgIpc) is 2.72. The van der Waals surface area contributed by atoms with Gasteiger partial charge >= 0.3 is 0 Å². The Balaban J connectivity index is 1.85. The average molecular weight is 414 g/mol. The van der Waals surface area contributed by atoms with Crippen molar-refractivity contribution in [3.05, 3.63) is 53.1 Å². The molecule has 0 saturated heterocycles. The normalized spacial score (nSPS) is 21.0. The van der Waals surface area contributed by atoms with Gasteiger partial charge in [0.05, 0.1) is 30.4 Å². The molecule has 0 radical (unpaired) electrons. The number of sulfone groups is 1. The Morgan fingerprint density at radius 2 is 1.79 bits per heavy atom. The van der Waals surface area contributed by atoms with Gasteiger partial charge in [-0.15, -0.1) is 0 Å². The molecule has 0 spiro atoms. The van der Waals surface area contributed by atoms with Crippen molar-refractivity contribution in [3.63, 3.8) is 0 Å². The van der Waals surface area contributed by atoms with Gasteiger partial charge in [-0.1, -0.05) is 25.0 Å². The van der Waals surface area contributed by atoms with Gasteiger partial charge in [-0.3, -0.25) is 4.99 Å². The predicted octanol–water partition coefficient (Wildman–Crippen LogP) is 4.37. The molecule has 1 aliphatic carbocycles. The maximum atomic E-state index is 11.8. The number of rotatable bonds is 5. The van der Waals surface area contributed by atoms with E-state index in [1.54, 1.807) is 19.2 Å². The monoisotopic (exact) mass is 413 g/mol. The Bertz CT molecular complexity index is 1040. The topological polar surface area (TPSA) is 65.0 Å². The van der Waals surface area contributed by atoms with Crippen LogP contribution in [-0.2, 0) is 9.84 Å². The van der Waals surface area contributed by atoms with Crippen molar-refractivity contribution >= 4 is 15.5 Å². The van der Waals surface area contributed by atoms with Crippen molar-refractivity contribution < 1.29 is 17.9 Å².